The van der Waals surface area contributed by atoms with Gasteiger partial charge >= 0.3 is 12.1 Å². The summed E-state index contributed by atoms with van der Waals surface area (Å²) in [7, 11) is 1.62. The Morgan fingerprint density at radius 3 is 2.72 bits per heavy atom. The molecular formula is C20H15ClF3N3O2. The molecule has 0 fully saturated rings. The molecule has 0 saturated heterocycles. The Morgan fingerprint density at radius 1 is 1.28 bits per heavy atom. The quantitative estimate of drug-likeness (QED) is 0.649. The van der Waals surface area contributed by atoms with Crippen molar-refractivity contribution in [2.24, 2.45) is 0 Å². The lowest BCUT2D eigenvalue weighted by molar-refractivity contribution is -0.138. The van der Waals surface area contributed by atoms with Crippen LogP contribution < -0.4 is 0 Å². The summed E-state index contributed by atoms with van der Waals surface area (Å²) in [4.78, 5) is 16.9. The van der Waals surface area contributed by atoms with Gasteiger partial charge in [-0.15, -0.1) is 0 Å². The van der Waals surface area contributed by atoms with Crippen molar-refractivity contribution in [2.75, 3.05) is 13.6 Å². The number of hydrogen-bond donors (Lipinski definition) is 1. The first-order valence-electron chi connectivity index (χ1n) is 8.39. The molecule has 1 aromatic carbocycles. The molecule has 0 bridgehead atoms. The molecule has 0 spiro atoms. The largest absolute Gasteiger partial charge is 0.480 e. The van der Waals surface area contributed by atoms with Crippen molar-refractivity contribution in [1.29, 1.82) is 0 Å². The highest BCUT2D eigenvalue weighted by Crippen LogP contribution is 2.29. The minimum absolute atomic E-state index is 0.193. The van der Waals surface area contributed by atoms with Crippen molar-refractivity contribution >= 4 is 23.2 Å². The van der Waals surface area contributed by atoms with Gasteiger partial charge in [0.15, 0.2) is 0 Å². The zero-order valence-corrected chi connectivity index (χ0v) is 15.9. The van der Waals surface area contributed by atoms with Crippen LogP contribution in [-0.4, -0.2) is 39.0 Å². The summed E-state index contributed by atoms with van der Waals surface area (Å²) in [6, 6.07) is 8.05. The molecule has 0 unspecified atom stereocenters. The molecular weight excluding hydrogens is 407 g/mol. The second kappa shape index (κ2) is 8.15. The zero-order valence-electron chi connectivity index (χ0n) is 15.2. The summed E-state index contributed by atoms with van der Waals surface area (Å²) in [5, 5.41) is 9.38. The molecule has 0 atom stereocenters. The van der Waals surface area contributed by atoms with E-state index >= 15 is 0 Å². The van der Waals surface area contributed by atoms with Crippen LogP contribution in [0.1, 0.15) is 22.5 Å². The maximum Gasteiger partial charge on any atom is 0.416 e. The number of fused-ring (bicyclic) bond motifs is 1. The van der Waals surface area contributed by atoms with Gasteiger partial charge in [-0.25, -0.2) is 4.98 Å². The molecule has 29 heavy (non-hydrogen) atoms. The molecule has 0 aliphatic carbocycles. The van der Waals surface area contributed by atoms with Crippen LogP contribution in [0.15, 0.2) is 42.6 Å². The first-order valence-corrected chi connectivity index (χ1v) is 8.77. The Hall–Kier alpha value is -3.02. The fourth-order valence-electron chi connectivity index (χ4n) is 2.76. The lowest BCUT2D eigenvalue weighted by Crippen LogP contribution is -2.25. The van der Waals surface area contributed by atoms with Crippen molar-refractivity contribution in [3.05, 3.63) is 70.1 Å². The van der Waals surface area contributed by atoms with Crippen molar-refractivity contribution in [3.63, 3.8) is 0 Å². The van der Waals surface area contributed by atoms with E-state index in [9.17, 15) is 18.0 Å². The third-order valence-electron chi connectivity index (χ3n) is 3.99. The monoisotopic (exact) mass is 421 g/mol. The van der Waals surface area contributed by atoms with E-state index < -0.39 is 17.7 Å². The van der Waals surface area contributed by atoms with Gasteiger partial charge in [-0.05, 0) is 43.3 Å². The van der Waals surface area contributed by atoms with Crippen LogP contribution in [0.4, 0.5) is 13.2 Å². The number of imidazole rings is 1. The first kappa shape index (κ1) is 20.7. The van der Waals surface area contributed by atoms with Gasteiger partial charge in [-0.1, -0.05) is 23.6 Å². The minimum Gasteiger partial charge on any atom is -0.480 e. The van der Waals surface area contributed by atoms with Gasteiger partial charge in [0.2, 0.25) is 0 Å². The van der Waals surface area contributed by atoms with E-state index in [4.69, 9.17) is 16.7 Å². The molecule has 3 rings (SSSR count). The number of carbonyl (C=O) groups is 1. The van der Waals surface area contributed by atoms with Crippen LogP contribution in [0, 0.1) is 11.8 Å². The number of benzene rings is 1. The van der Waals surface area contributed by atoms with E-state index in [1.54, 1.807) is 34.7 Å². The maximum atomic E-state index is 12.9. The third-order valence-corrected chi connectivity index (χ3v) is 4.22. The van der Waals surface area contributed by atoms with E-state index in [1.165, 1.54) is 12.1 Å². The molecule has 3 aromatic rings. The van der Waals surface area contributed by atoms with Crippen LogP contribution in [0.3, 0.4) is 0 Å². The molecule has 5 nitrogen and oxygen atoms in total. The van der Waals surface area contributed by atoms with Gasteiger partial charge in [0.05, 0.1) is 22.8 Å². The van der Waals surface area contributed by atoms with E-state index in [0.717, 1.165) is 12.1 Å². The van der Waals surface area contributed by atoms with Crippen LogP contribution in [0.25, 0.3) is 5.65 Å². The van der Waals surface area contributed by atoms with Crippen molar-refractivity contribution < 1.29 is 23.1 Å². The fraction of sp³-hybridized carbons (Fsp3) is 0.200. The summed E-state index contributed by atoms with van der Waals surface area (Å²) >= 11 is 6.05. The molecule has 0 saturated carbocycles. The molecule has 0 aliphatic rings. The Balaban J connectivity index is 2.04. The first-order chi connectivity index (χ1) is 13.6. The topological polar surface area (TPSA) is 57.8 Å². The van der Waals surface area contributed by atoms with Gasteiger partial charge < -0.3 is 5.11 Å². The van der Waals surface area contributed by atoms with Crippen molar-refractivity contribution in [3.8, 4) is 11.8 Å². The molecule has 2 heterocycles. The molecule has 0 amide bonds. The summed E-state index contributed by atoms with van der Waals surface area (Å²) in [6.45, 7) is -0.00662. The van der Waals surface area contributed by atoms with Crippen LogP contribution in [0.2, 0.25) is 5.02 Å². The Labute approximate surface area is 169 Å². The van der Waals surface area contributed by atoms with E-state index in [1.807, 2.05) is 0 Å². The number of aromatic nitrogens is 2. The van der Waals surface area contributed by atoms with Gasteiger partial charge in [0.1, 0.15) is 11.3 Å². The number of alkyl halides is 3. The van der Waals surface area contributed by atoms with Gasteiger partial charge in [-0.3, -0.25) is 14.1 Å². The van der Waals surface area contributed by atoms with Crippen LogP contribution in [0.5, 0.6) is 0 Å². The normalized spacial score (nSPS) is 11.5. The van der Waals surface area contributed by atoms with Gasteiger partial charge in [-0.2, -0.15) is 13.2 Å². The third kappa shape index (κ3) is 5.08. The van der Waals surface area contributed by atoms with Crippen molar-refractivity contribution in [2.45, 2.75) is 12.7 Å². The van der Waals surface area contributed by atoms with Gasteiger partial charge in [0.25, 0.3) is 0 Å². The van der Waals surface area contributed by atoms with Crippen LogP contribution >= 0.6 is 11.6 Å². The number of rotatable bonds is 4. The molecule has 0 aliphatic heterocycles. The molecule has 1 N–H and O–H groups in total. The average molecular weight is 422 g/mol. The number of nitrogens with zero attached hydrogens (tertiary/aromatic N) is 3. The van der Waals surface area contributed by atoms with E-state index in [2.05, 4.69) is 16.8 Å². The SMILES string of the molecule is CN(CC(=O)O)Cc1nc2ccc(Cl)cn2c1C#Cc1cccc(C(F)(F)F)c1. The van der Waals surface area contributed by atoms with Crippen molar-refractivity contribution in [1.82, 2.24) is 14.3 Å². The number of aliphatic carboxylic acids is 1. The van der Waals surface area contributed by atoms with Crippen LogP contribution in [-0.2, 0) is 17.5 Å². The second-order valence-electron chi connectivity index (χ2n) is 6.38. The number of likely N-dealkylation sites (N-methyl/N-ethyl adjacent to an activating group) is 1. The Bertz CT molecular complexity index is 1130. The van der Waals surface area contributed by atoms with E-state index in [0.29, 0.717) is 22.1 Å². The number of carboxylic acids is 1. The highest BCUT2D eigenvalue weighted by molar-refractivity contribution is 6.30. The zero-order chi connectivity index (χ0) is 21.2. The highest BCUT2D eigenvalue weighted by atomic mass is 35.5. The standard InChI is InChI=1S/C20H15ClF3N3O2/c1-26(12-19(28)29)11-16-17(27-10-15(21)6-8-18(27)25-16)7-5-13-3-2-4-14(9-13)20(22,23)24/h2-4,6,8-10H,11-12H2,1H3,(H,28,29). The number of hydrogen-bond acceptors (Lipinski definition) is 3. The maximum absolute atomic E-state index is 12.9. The van der Waals surface area contributed by atoms with E-state index in [-0.39, 0.29) is 18.7 Å². The highest BCUT2D eigenvalue weighted by Gasteiger charge is 2.30. The molecule has 0 radical (unpaired) electrons. The van der Waals surface area contributed by atoms with Gasteiger partial charge in [0, 0.05) is 18.3 Å². The number of halogens is 4. The number of pyridine rings is 1. The lowest BCUT2D eigenvalue weighted by atomic mass is 10.1. The summed E-state index contributed by atoms with van der Waals surface area (Å²) in [5.74, 6) is 4.61. The number of carboxylic acid groups (broad SMARTS) is 1. The summed E-state index contributed by atoms with van der Waals surface area (Å²) in [6.07, 6.45) is -2.86. The molecule has 9 heteroatoms. The Kier molecular flexibility index (Phi) is 5.82. The molecule has 150 valence electrons. The lowest BCUT2D eigenvalue weighted by Gasteiger charge is -2.12. The fourth-order valence-corrected chi connectivity index (χ4v) is 2.92. The summed E-state index contributed by atoms with van der Waals surface area (Å²) in [5.41, 5.74) is 0.877. The minimum atomic E-state index is -4.46. The summed E-state index contributed by atoms with van der Waals surface area (Å²) < 4.78 is 40.4. The average Bonchev–Trinajstić information content (AvgIpc) is 2.95. The molecule has 2 aromatic heterocycles. The smallest absolute Gasteiger partial charge is 0.416 e. The second-order valence-corrected chi connectivity index (χ2v) is 6.81. The predicted molar refractivity (Wildman–Crippen MR) is 102 cm³/mol. The Morgan fingerprint density at radius 2 is 2.03 bits per heavy atom. The predicted octanol–water partition coefficient (Wildman–Crippen LogP) is 3.92.